The van der Waals surface area contributed by atoms with E-state index in [9.17, 15) is 23.6 Å². The Balaban J connectivity index is 0.000000202. The maximum absolute atomic E-state index is 13.5. The van der Waals surface area contributed by atoms with Gasteiger partial charge in [-0.2, -0.15) is 15.8 Å². The number of nitriles is 3. The molecular weight excluding hydrogens is 1510 g/mol. The van der Waals surface area contributed by atoms with Crippen LogP contribution in [0.4, 0.5) is 28.2 Å². The Morgan fingerprint density at radius 1 is 0.508 bits per heavy atom. The lowest BCUT2D eigenvalue weighted by Gasteiger charge is -2.27. The molecule has 0 radical (unpaired) electrons. The minimum Gasteiger partial charge on any atom is -0.385 e. The molecule has 0 bridgehead atoms. The molecule has 26 nitrogen and oxygen atoms in total. The van der Waals surface area contributed by atoms with E-state index in [-0.39, 0.29) is 32.3 Å². The molecule has 0 atom stereocenters. The molecule has 0 spiro atoms. The maximum Gasteiger partial charge on any atom is 0.257 e. The predicted octanol–water partition coefficient (Wildman–Crippen LogP) is 15.4. The third-order valence-electron chi connectivity index (χ3n) is 20.9. The quantitative estimate of drug-likeness (QED) is 0.0261. The molecule has 4 amide bonds. The number of hydrogen-bond acceptors (Lipinski definition) is 22. The van der Waals surface area contributed by atoms with Crippen molar-refractivity contribution in [2.75, 3.05) is 133 Å². The molecule has 4 aliphatic rings. The number of halogens is 1. The minimum atomic E-state index is -0.297. The first kappa shape index (κ1) is 90.1. The van der Waals surface area contributed by atoms with Gasteiger partial charge in [0.15, 0.2) is 0 Å². The highest BCUT2D eigenvalue weighted by atomic mass is 19.1. The fourth-order valence-electron chi connectivity index (χ4n) is 14.6. The van der Waals surface area contributed by atoms with Gasteiger partial charge in [0.2, 0.25) is 23.8 Å². The second-order valence-electron chi connectivity index (χ2n) is 31.3. The number of benzene rings is 5. The van der Waals surface area contributed by atoms with Crippen molar-refractivity contribution < 1.29 is 40.6 Å². The lowest BCUT2D eigenvalue weighted by atomic mass is 9.89. The molecule has 632 valence electrons. The van der Waals surface area contributed by atoms with Crippen molar-refractivity contribution in [2.24, 2.45) is 23.7 Å². The maximum atomic E-state index is 13.5. The van der Waals surface area contributed by atoms with E-state index in [1.807, 2.05) is 59.2 Å². The second kappa shape index (κ2) is 47.4. The number of rotatable bonds is 30. The summed E-state index contributed by atoms with van der Waals surface area (Å²) in [5.74, 6) is 3.20. The van der Waals surface area contributed by atoms with E-state index in [0.29, 0.717) is 194 Å². The van der Waals surface area contributed by atoms with Crippen molar-refractivity contribution in [3.8, 4) is 63.2 Å². The minimum absolute atomic E-state index is 0. The first-order valence-corrected chi connectivity index (χ1v) is 41.9. The Bertz CT molecular complexity index is 4940. The number of carbonyl (C=O) groups is 4. The van der Waals surface area contributed by atoms with Crippen molar-refractivity contribution in [3.05, 3.63) is 202 Å². The number of nitrogens with zero attached hydrogens (tertiary/aromatic N) is 14. The van der Waals surface area contributed by atoms with Gasteiger partial charge < -0.3 is 55.5 Å². The number of aryl methyl sites for hydroxylation is 1. The summed E-state index contributed by atoms with van der Waals surface area (Å²) in [6, 6.07) is 42.0. The number of aromatic nitrogens is 8. The van der Waals surface area contributed by atoms with Gasteiger partial charge in [0, 0.05) is 143 Å². The van der Waals surface area contributed by atoms with E-state index < -0.39 is 0 Å². The van der Waals surface area contributed by atoms with Gasteiger partial charge in [-0.3, -0.25) is 19.2 Å². The zero-order valence-corrected chi connectivity index (χ0v) is 70.2. The number of nitrogens with one attached hydrogen (secondary N) is 5. The van der Waals surface area contributed by atoms with Gasteiger partial charge in [-0.05, 0) is 142 Å². The Hall–Kier alpha value is -12.2. The molecule has 5 aromatic carbocycles. The summed E-state index contributed by atoms with van der Waals surface area (Å²) in [5, 5.41) is 42.6. The van der Waals surface area contributed by atoms with Gasteiger partial charge in [0.1, 0.15) is 5.82 Å². The summed E-state index contributed by atoms with van der Waals surface area (Å²) >= 11 is 0. The average Bonchev–Trinajstić information content (AvgIpc) is 1.30. The molecule has 27 heteroatoms. The monoisotopic (exact) mass is 1630 g/mol. The molecule has 0 unspecified atom stereocenters. The van der Waals surface area contributed by atoms with Crippen molar-refractivity contribution in [3.63, 3.8) is 0 Å². The number of amides is 4. The van der Waals surface area contributed by atoms with Gasteiger partial charge in [-0.15, -0.1) is 0 Å². The van der Waals surface area contributed by atoms with Gasteiger partial charge in [-0.25, -0.2) is 44.3 Å². The van der Waals surface area contributed by atoms with E-state index in [1.165, 1.54) is 76.3 Å². The smallest absolute Gasteiger partial charge is 0.257 e. The molecule has 5 N–H and O–H groups in total. The summed E-state index contributed by atoms with van der Waals surface area (Å²) < 4.78 is 28.9. The Morgan fingerprint density at radius 3 is 1.47 bits per heavy atom. The van der Waals surface area contributed by atoms with Crippen LogP contribution < -0.4 is 36.4 Å². The lowest BCUT2D eigenvalue weighted by molar-refractivity contribution is 0.0714. The summed E-state index contributed by atoms with van der Waals surface area (Å²) in [6.45, 7) is 20.6. The van der Waals surface area contributed by atoms with Gasteiger partial charge in [-0.1, -0.05) is 139 Å². The largest absolute Gasteiger partial charge is 0.385 e. The molecule has 6 heterocycles. The van der Waals surface area contributed by atoms with Gasteiger partial charge >= 0.3 is 0 Å². The molecule has 4 aromatic heterocycles. The van der Waals surface area contributed by atoms with Crippen LogP contribution in [0.15, 0.2) is 146 Å². The molecule has 2 aliphatic heterocycles. The summed E-state index contributed by atoms with van der Waals surface area (Å²) in [4.78, 5) is 94.8. The third kappa shape index (κ3) is 27.4. The van der Waals surface area contributed by atoms with E-state index in [0.717, 1.165) is 72.3 Å². The summed E-state index contributed by atoms with van der Waals surface area (Å²) in [7, 11) is 3.28. The number of carbonyl (C=O) groups excluding carboxylic acids is 4. The van der Waals surface area contributed by atoms with Crippen LogP contribution >= 0.6 is 0 Å². The Labute approximate surface area is 707 Å². The lowest BCUT2D eigenvalue weighted by Crippen LogP contribution is -2.37. The fraction of sp³-hybridized carbons (Fsp3) is 0.430. The normalized spacial score (nSPS) is 14.0. The predicted molar refractivity (Wildman–Crippen MR) is 469 cm³/mol. The van der Waals surface area contributed by atoms with Crippen molar-refractivity contribution in [2.45, 2.75) is 125 Å². The molecule has 120 heavy (non-hydrogen) atoms. The average molecular weight is 1630 g/mol. The van der Waals surface area contributed by atoms with E-state index in [2.05, 4.69) is 107 Å². The molecule has 2 aliphatic carbocycles. The standard InChI is InChI=1S/C27H28FN5O.C23H27N5O.C23H34N4O2.C20H23N5O3.2H2/c28-23-8-4-7-19(15-23)13-14-30-26(34)24-18-32-27(31-17-21-5-2-1-3-6-21)33-25(24)22-11-9-20(16-29)10-12-22;24-14-17-8-10-19(11-9-17)21-20(16-26-23(27-21)28-12-4-5-13-28)22(29)25-15-18-6-2-1-3-7-18;1-16(2)14-27(15-17(3)4)22(28)20-13-25-23(24-10-11-29-6)26-21(20)19-9-7-8-18(5)12-19;1-27-10-2-7-22-19(26)17-14-23-20(25-8-11-28-12-9-25)24-18(17)16-5-3-15(13-21)4-6-16;;/h4,7-12,15,18,21H,1-3,5-6,13-14,17H2,(H,30,34)(H,31,32,33);8-11,16,18H,1-7,12-13,15H2,(H,25,29);7-9,12-13,16-17H,10-11,14-15H2,1-6H3,(H,24,25,26);3-6,14H,2,7-12H2,1H3,(H,22,26);2*1H. The number of ether oxygens (including phenoxy) is 3. The number of hydrogen-bond donors (Lipinski definition) is 5. The van der Waals surface area contributed by atoms with E-state index in [1.54, 1.807) is 106 Å². The van der Waals surface area contributed by atoms with Crippen LogP contribution in [0.2, 0.25) is 0 Å². The zero-order valence-electron chi connectivity index (χ0n) is 70.2. The SMILES string of the molecule is COCCCNC(=O)c1cnc(N2CCOCC2)nc1-c1ccc(C#N)cc1.COCCNc1ncc(C(=O)N(CC(C)C)CC(C)C)c(-c2cccc(C)c2)n1.N#Cc1ccc(-c2nc(N3CCCC3)ncc2C(=O)NCC2CCCCC2)cc1.N#Cc1ccc(-c2nc(NCC3CCCCC3)ncc2C(=O)NCCc2cccc(F)c2)cc1.[HH].[HH]. The first-order valence-electron chi connectivity index (χ1n) is 41.9. The highest BCUT2D eigenvalue weighted by molar-refractivity contribution is 6.02. The van der Waals surface area contributed by atoms with Crippen molar-refractivity contribution in [1.29, 1.82) is 15.8 Å². The van der Waals surface area contributed by atoms with E-state index >= 15 is 0 Å². The van der Waals surface area contributed by atoms with Crippen LogP contribution in [0.1, 0.15) is 183 Å². The molecule has 4 fully saturated rings. The fourth-order valence-corrected chi connectivity index (χ4v) is 14.6. The van der Waals surface area contributed by atoms with Crippen molar-refractivity contribution in [1.82, 2.24) is 60.7 Å². The zero-order chi connectivity index (χ0) is 85.0. The number of anilines is 4. The highest BCUT2D eigenvalue weighted by Crippen LogP contribution is 2.32. The molecule has 2 saturated heterocycles. The van der Waals surface area contributed by atoms with E-state index in [4.69, 9.17) is 40.0 Å². The molecule has 9 aromatic rings. The summed E-state index contributed by atoms with van der Waals surface area (Å²) in [6.07, 6.45) is 22.4. The Morgan fingerprint density at radius 2 is 0.967 bits per heavy atom. The number of methoxy groups -OCH3 is 2. The molecule has 2 saturated carbocycles. The molecular formula is C93H116FN19O7. The van der Waals surface area contributed by atoms with Crippen molar-refractivity contribution >= 4 is 47.4 Å². The van der Waals surface area contributed by atoms with Crippen LogP contribution in [0.5, 0.6) is 0 Å². The topological polar surface area (TPSA) is 340 Å². The van der Waals surface area contributed by atoms with Crippen LogP contribution in [0.3, 0.4) is 0 Å². The second-order valence-corrected chi connectivity index (χ2v) is 31.3. The highest BCUT2D eigenvalue weighted by Gasteiger charge is 2.28. The van der Waals surface area contributed by atoms with Crippen LogP contribution in [0, 0.1) is 70.4 Å². The number of morpholine rings is 1. The van der Waals surface area contributed by atoms with Crippen LogP contribution in [-0.2, 0) is 20.6 Å². The van der Waals surface area contributed by atoms with Crippen LogP contribution in [0.25, 0.3) is 45.0 Å². The first-order chi connectivity index (χ1) is 58.4. The third-order valence-corrected chi connectivity index (χ3v) is 20.9. The summed E-state index contributed by atoms with van der Waals surface area (Å²) in [5.41, 5.74) is 11.0. The Kier molecular flexibility index (Phi) is 35.6. The van der Waals surface area contributed by atoms with Gasteiger partial charge in [0.25, 0.3) is 23.6 Å². The van der Waals surface area contributed by atoms with Gasteiger partial charge in [0.05, 0.1) is 99.7 Å². The van der Waals surface area contributed by atoms with Crippen LogP contribution in [-0.4, -0.2) is 181 Å². The molecule has 13 rings (SSSR count).